The predicted molar refractivity (Wildman–Crippen MR) is 66.7 cm³/mol. The normalized spacial score (nSPS) is 10.9. The molecule has 4 nitrogen and oxygen atoms in total. The van der Waals surface area contributed by atoms with Gasteiger partial charge in [-0.15, -0.1) is 0 Å². The summed E-state index contributed by atoms with van der Waals surface area (Å²) in [5.74, 6) is 0. The topological polar surface area (TPSA) is 32.8 Å². The van der Waals surface area contributed by atoms with Crippen LogP contribution in [-0.4, -0.2) is 55.2 Å². The third-order valence-corrected chi connectivity index (χ3v) is 2.51. The number of carbonyl (C=O) groups is 1. The summed E-state index contributed by atoms with van der Waals surface area (Å²) in [6.45, 7) is 11.9. The summed E-state index contributed by atoms with van der Waals surface area (Å²) in [5.41, 5.74) is 0. The second-order valence-electron chi connectivity index (χ2n) is 4.23. The third-order valence-electron chi connectivity index (χ3n) is 2.51. The van der Waals surface area contributed by atoms with E-state index in [9.17, 15) is 4.79 Å². The van der Waals surface area contributed by atoms with Gasteiger partial charge in [0.15, 0.2) is 0 Å². The van der Waals surface area contributed by atoms with Crippen LogP contribution in [0.1, 0.15) is 34.1 Å². The van der Waals surface area contributed by atoms with Gasteiger partial charge in [0.1, 0.15) is 0 Å². The fraction of sp³-hybridized carbons (Fsp3) is 0.917. The quantitative estimate of drug-likeness (QED) is 0.672. The van der Waals surface area contributed by atoms with E-state index in [2.05, 4.69) is 18.7 Å². The Balaban J connectivity index is 3.71. The van der Waals surface area contributed by atoms with Crippen molar-refractivity contribution in [3.63, 3.8) is 0 Å². The molecule has 0 heterocycles. The Kier molecular flexibility index (Phi) is 7.99. The molecule has 0 saturated heterocycles. The lowest BCUT2D eigenvalue weighted by Gasteiger charge is -2.21. The average Bonchev–Trinajstić information content (AvgIpc) is 2.23. The molecule has 0 saturated carbocycles. The molecule has 0 N–H and O–H groups in total. The molecule has 1 amide bonds. The number of hydrogen-bond donors (Lipinski definition) is 0. The van der Waals surface area contributed by atoms with E-state index in [1.54, 1.807) is 11.9 Å². The lowest BCUT2D eigenvalue weighted by molar-refractivity contribution is 0.0829. The summed E-state index contributed by atoms with van der Waals surface area (Å²) >= 11 is 0. The molecule has 0 aromatic carbocycles. The van der Waals surface area contributed by atoms with E-state index in [0.717, 1.165) is 32.6 Å². The largest absolute Gasteiger partial charge is 0.447 e. The standard InChI is InChI=1S/C12H26N2O2/c1-6-14(7-2)10-8-9-13(5)12(15)16-11(3)4/h11H,6-10H2,1-5H3. The molecular formula is C12H26N2O2. The van der Waals surface area contributed by atoms with Crippen molar-refractivity contribution < 1.29 is 9.53 Å². The minimum atomic E-state index is -0.227. The van der Waals surface area contributed by atoms with Gasteiger partial charge in [0.05, 0.1) is 6.10 Å². The zero-order valence-corrected chi connectivity index (χ0v) is 11.3. The zero-order valence-electron chi connectivity index (χ0n) is 11.3. The van der Waals surface area contributed by atoms with Crippen molar-refractivity contribution in [2.75, 3.05) is 33.2 Å². The molecule has 0 rings (SSSR count). The number of hydrogen-bond acceptors (Lipinski definition) is 3. The smallest absolute Gasteiger partial charge is 0.409 e. The summed E-state index contributed by atoms with van der Waals surface area (Å²) in [6, 6.07) is 0. The van der Waals surface area contributed by atoms with Crippen LogP contribution in [0.4, 0.5) is 4.79 Å². The highest BCUT2D eigenvalue weighted by Crippen LogP contribution is 1.98. The second kappa shape index (κ2) is 8.39. The van der Waals surface area contributed by atoms with Crippen LogP contribution in [0.25, 0.3) is 0 Å². The maximum Gasteiger partial charge on any atom is 0.409 e. The highest BCUT2D eigenvalue weighted by Gasteiger charge is 2.11. The molecule has 0 radical (unpaired) electrons. The molecule has 96 valence electrons. The molecule has 0 bridgehead atoms. The first-order valence-corrected chi connectivity index (χ1v) is 6.15. The SMILES string of the molecule is CCN(CC)CCCN(C)C(=O)OC(C)C. The van der Waals surface area contributed by atoms with Crippen LogP contribution in [0, 0.1) is 0 Å². The fourth-order valence-corrected chi connectivity index (χ4v) is 1.45. The van der Waals surface area contributed by atoms with Gasteiger partial charge in [-0.3, -0.25) is 0 Å². The molecule has 16 heavy (non-hydrogen) atoms. The van der Waals surface area contributed by atoms with Crippen molar-refractivity contribution in [1.29, 1.82) is 0 Å². The second-order valence-corrected chi connectivity index (χ2v) is 4.23. The van der Waals surface area contributed by atoms with E-state index in [4.69, 9.17) is 4.74 Å². The molecule has 0 aliphatic heterocycles. The van der Waals surface area contributed by atoms with Crippen LogP contribution in [-0.2, 0) is 4.74 Å². The molecule has 0 aliphatic rings. The molecule has 0 unspecified atom stereocenters. The maximum atomic E-state index is 11.5. The van der Waals surface area contributed by atoms with Crippen molar-refractivity contribution in [2.24, 2.45) is 0 Å². The maximum absolute atomic E-state index is 11.5. The van der Waals surface area contributed by atoms with E-state index in [0.29, 0.717) is 0 Å². The average molecular weight is 230 g/mol. The van der Waals surface area contributed by atoms with Crippen molar-refractivity contribution in [1.82, 2.24) is 9.80 Å². The van der Waals surface area contributed by atoms with Gasteiger partial charge in [-0.25, -0.2) is 4.79 Å². The summed E-state index contributed by atoms with van der Waals surface area (Å²) in [5, 5.41) is 0. The monoisotopic (exact) mass is 230 g/mol. The lowest BCUT2D eigenvalue weighted by atomic mass is 10.3. The van der Waals surface area contributed by atoms with E-state index in [1.165, 1.54) is 0 Å². The predicted octanol–water partition coefficient (Wildman–Crippen LogP) is 2.20. The molecule has 0 aliphatic carbocycles. The molecule has 4 heteroatoms. The van der Waals surface area contributed by atoms with Crippen LogP contribution in [0.15, 0.2) is 0 Å². The Labute approximate surface area is 99.5 Å². The Morgan fingerprint density at radius 2 is 1.75 bits per heavy atom. The van der Waals surface area contributed by atoms with Crippen LogP contribution >= 0.6 is 0 Å². The Morgan fingerprint density at radius 3 is 2.19 bits per heavy atom. The van der Waals surface area contributed by atoms with E-state index >= 15 is 0 Å². The summed E-state index contributed by atoms with van der Waals surface area (Å²) in [7, 11) is 1.78. The van der Waals surface area contributed by atoms with Crippen molar-refractivity contribution in [3.8, 4) is 0 Å². The lowest BCUT2D eigenvalue weighted by Crippen LogP contribution is -2.33. The van der Waals surface area contributed by atoms with Crippen LogP contribution in [0.2, 0.25) is 0 Å². The summed E-state index contributed by atoms with van der Waals surface area (Å²) in [4.78, 5) is 15.4. The molecule has 0 atom stereocenters. The molecule has 0 fully saturated rings. The van der Waals surface area contributed by atoms with Crippen LogP contribution in [0.3, 0.4) is 0 Å². The fourth-order valence-electron chi connectivity index (χ4n) is 1.45. The van der Waals surface area contributed by atoms with Crippen LogP contribution < -0.4 is 0 Å². The minimum Gasteiger partial charge on any atom is -0.447 e. The molecule has 0 aromatic heterocycles. The van der Waals surface area contributed by atoms with Gasteiger partial charge < -0.3 is 14.5 Å². The highest BCUT2D eigenvalue weighted by atomic mass is 16.6. The van der Waals surface area contributed by atoms with E-state index in [-0.39, 0.29) is 12.2 Å². The van der Waals surface area contributed by atoms with E-state index < -0.39 is 0 Å². The molecular weight excluding hydrogens is 204 g/mol. The first-order chi connectivity index (χ1) is 7.51. The first kappa shape index (κ1) is 15.2. The highest BCUT2D eigenvalue weighted by molar-refractivity contribution is 5.67. The molecule has 0 aromatic rings. The molecule has 0 spiro atoms. The van der Waals surface area contributed by atoms with Gasteiger partial charge >= 0.3 is 6.09 Å². The Morgan fingerprint density at radius 1 is 1.19 bits per heavy atom. The Hall–Kier alpha value is -0.770. The number of rotatable bonds is 7. The number of nitrogens with zero attached hydrogens (tertiary/aromatic N) is 2. The van der Waals surface area contributed by atoms with Gasteiger partial charge in [0, 0.05) is 13.6 Å². The van der Waals surface area contributed by atoms with Gasteiger partial charge in [-0.2, -0.15) is 0 Å². The third kappa shape index (κ3) is 6.67. The van der Waals surface area contributed by atoms with Gasteiger partial charge in [-0.05, 0) is 39.9 Å². The van der Waals surface area contributed by atoms with Crippen LogP contribution in [0.5, 0.6) is 0 Å². The van der Waals surface area contributed by atoms with E-state index in [1.807, 2.05) is 13.8 Å². The van der Waals surface area contributed by atoms with Crippen molar-refractivity contribution >= 4 is 6.09 Å². The first-order valence-electron chi connectivity index (χ1n) is 6.15. The van der Waals surface area contributed by atoms with Gasteiger partial charge in [0.25, 0.3) is 0 Å². The zero-order chi connectivity index (χ0) is 12.6. The number of ether oxygens (including phenoxy) is 1. The summed E-state index contributed by atoms with van der Waals surface area (Å²) in [6.07, 6.45) is 0.720. The van der Waals surface area contributed by atoms with Gasteiger partial charge in [-0.1, -0.05) is 13.8 Å². The van der Waals surface area contributed by atoms with Crippen molar-refractivity contribution in [2.45, 2.75) is 40.2 Å². The van der Waals surface area contributed by atoms with Gasteiger partial charge in [0.2, 0.25) is 0 Å². The van der Waals surface area contributed by atoms with Crippen molar-refractivity contribution in [3.05, 3.63) is 0 Å². The minimum absolute atomic E-state index is 0.0438. The Bertz CT molecular complexity index is 191. The number of carbonyl (C=O) groups excluding carboxylic acids is 1. The summed E-state index contributed by atoms with van der Waals surface area (Å²) < 4.78 is 5.10. The number of amides is 1.